The number of phosphoric acid groups is 3. The number of aliphatic hydroxyl groups is 2. The summed E-state index contributed by atoms with van der Waals surface area (Å²) < 4.78 is 49.5. The molecule has 1 fully saturated rings. The number of amides is 1. The third kappa shape index (κ3) is 10.9. The van der Waals surface area contributed by atoms with Gasteiger partial charge in [-0.2, -0.15) is 0 Å². The van der Waals surface area contributed by atoms with E-state index in [1.807, 2.05) is 0 Å². The molecule has 2 rings (SSSR count). The fourth-order valence-corrected chi connectivity index (χ4v) is 4.94. The summed E-state index contributed by atoms with van der Waals surface area (Å²) in [4.78, 5) is 55.7. The smallest absolute Gasteiger partial charge is 0.756 e. The molecule has 1 aliphatic heterocycles. The fraction of sp³-hybridized carbons (Fsp3) is 0.625. The van der Waals surface area contributed by atoms with E-state index in [-0.39, 0.29) is 88.7 Å². The van der Waals surface area contributed by atoms with E-state index in [9.17, 15) is 43.4 Å². The molecule has 0 saturated carbocycles. The van der Waals surface area contributed by atoms with Gasteiger partial charge in [-0.25, -0.2) is 18.3 Å². The Balaban J connectivity index is 0. The summed E-state index contributed by atoms with van der Waals surface area (Å²) in [6.07, 6.45) is -5.62. The summed E-state index contributed by atoms with van der Waals surface area (Å²) in [6, 6.07) is 0. The van der Waals surface area contributed by atoms with Crippen molar-refractivity contribution in [3.63, 3.8) is 0 Å². The molecule has 1 aromatic rings. The molecule has 1 saturated heterocycles. The van der Waals surface area contributed by atoms with Crippen molar-refractivity contribution >= 4 is 29.4 Å². The molecule has 0 radical (unpaired) electrons. The minimum absolute atomic E-state index is 0. The summed E-state index contributed by atoms with van der Waals surface area (Å²) in [6.45, 7) is -1.11. The van der Waals surface area contributed by atoms with Gasteiger partial charge < -0.3 is 44.8 Å². The van der Waals surface area contributed by atoms with Crippen LogP contribution in [0.1, 0.15) is 16.8 Å². The maximum Gasteiger partial charge on any atom is 1.00 e. The Labute approximate surface area is 245 Å². The van der Waals surface area contributed by atoms with Gasteiger partial charge >= 0.3 is 88.7 Å². The summed E-state index contributed by atoms with van der Waals surface area (Å²) in [5.41, 5.74) is 4.96. The van der Waals surface area contributed by atoms with Gasteiger partial charge in [0, 0.05) is 0 Å². The minimum Gasteiger partial charge on any atom is -0.756 e. The maximum absolute atomic E-state index is 11.5. The zero-order valence-corrected chi connectivity index (χ0v) is 25.4. The van der Waals surface area contributed by atoms with Gasteiger partial charge in [-0.05, 0) is 0 Å². The number of carbonyl (C=O) groups excluding carboxylic acids is 1. The summed E-state index contributed by atoms with van der Waals surface area (Å²) in [5.74, 6) is -1.45. The van der Waals surface area contributed by atoms with E-state index in [1.54, 1.807) is 0 Å². The number of primary amides is 1. The SMILES string of the molecule is NC(=O)c1ncn([C@@H]2O[C@H](COP(=O)([O-])OP(=O)([O-])OP(=O)([O-])O)[C@@H](O)[C@H]2O)n1.[Na+].[Na+].[Na+]. The van der Waals surface area contributed by atoms with E-state index in [0.29, 0.717) is 0 Å². The number of nitrogens with two attached hydrogens (primary N) is 1. The number of rotatable bonds is 9. The van der Waals surface area contributed by atoms with E-state index in [2.05, 4.69) is 23.2 Å². The molecule has 32 heavy (non-hydrogen) atoms. The van der Waals surface area contributed by atoms with E-state index < -0.39 is 66.3 Å². The number of aromatic nitrogens is 3. The Bertz CT molecular complexity index is 914. The maximum atomic E-state index is 11.5. The Hall–Kier alpha value is 1.90. The molecule has 5 N–H and O–H groups in total. The molecule has 2 heterocycles. The molecule has 3 unspecified atom stereocenters. The number of aliphatic hydroxyl groups excluding tert-OH is 2. The van der Waals surface area contributed by atoms with Gasteiger partial charge in [0.15, 0.2) is 6.23 Å². The summed E-state index contributed by atoms with van der Waals surface area (Å²) in [5, 5.41) is 23.4. The molecule has 0 bridgehead atoms. The first kappa shape index (κ1) is 36.1. The first-order chi connectivity index (χ1) is 13.1. The quantitative estimate of drug-likeness (QED) is 0.164. The predicted molar refractivity (Wildman–Crippen MR) is 77.6 cm³/mol. The summed E-state index contributed by atoms with van der Waals surface area (Å²) >= 11 is 0. The molecule has 0 spiro atoms. The Morgan fingerprint density at radius 2 is 1.69 bits per heavy atom. The van der Waals surface area contributed by atoms with E-state index in [1.165, 1.54) is 0 Å². The molecule has 166 valence electrons. The van der Waals surface area contributed by atoms with Crippen molar-refractivity contribution in [1.29, 1.82) is 0 Å². The van der Waals surface area contributed by atoms with Crippen LogP contribution in [-0.2, 0) is 31.6 Å². The number of carbonyl (C=O) groups is 1. The number of hydrogen-bond donors (Lipinski definition) is 4. The Kier molecular flexibility index (Phi) is 15.8. The molecule has 24 heteroatoms. The largest absolute Gasteiger partial charge is 1.00 e. The average molecular weight is 550 g/mol. The van der Waals surface area contributed by atoms with Crippen molar-refractivity contribution in [2.24, 2.45) is 5.73 Å². The van der Waals surface area contributed by atoms with E-state index in [4.69, 9.17) is 15.4 Å². The second kappa shape index (κ2) is 14.0. The number of nitrogens with zero attached hydrogens (tertiary/aromatic N) is 3. The molecule has 1 amide bonds. The minimum atomic E-state index is -6.09. The molecular formula is C8H12N4Na3O14P3. The molecule has 1 aromatic heterocycles. The topological polar surface area (TPSA) is 292 Å². The monoisotopic (exact) mass is 550 g/mol. The number of ether oxygens (including phenoxy) is 1. The van der Waals surface area contributed by atoms with Crippen molar-refractivity contribution < 1.29 is 155 Å². The molecule has 1 aliphatic rings. The van der Waals surface area contributed by atoms with Crippen LogP contribution in [0.25, 0.3) is 0 Å². The Morgan fingerprint density at radius 1 is 1.12 bits per heavy atom. The average Bonchev–Trinajstić information content (AvgIpc) is 3.09. The number of phosphoric ester groups is 1. The van der Waals surface area contributed by atoms with Gasteiger partial charge in [0.1, 0.15) is 24.6 Å². The third-order valence-electron chi connectivity index (χ3n) is 3.13. The summed E-state index contributed by atoms with van der Waals surface area (Å²) in [7, 11) is -17.8. The zero-order chi connectivity index (χ0) is 22.2. The van der Waals surface area contributed by atoms with Gasteiger partial charge in [-0.1, -0.05) is 0 Å². The van der Waals surface area contributed by atoms with Crippen LogP contribution in [0, 0.1) is 0 Å². The van der Waals surface area contributed by atoms with Crippen LogP contribution < -0.4 is 109 Å². The van der Waals surface area contributed by atoms with Crippen molar-refractivity contribution in [1.82, 2.24) is 14.8 Å². The molecule has 0 aromatic carbocycles. The van der Waals surface area contributed by atoms with Crippen molar-refractivity contribution in [2.75, 3.05) is 6.61 Å². The number of hydrogen-bond acceptors (Lipinski definition) is 15. The molecule has 7 atom stereocenters. The zero-order valence-electron chi connectivity index (χ0n) is 16.7. The van der Waals surface area contributed by atoms with Crippen LogP contribution in [0.2, 0.25) is 0 Å². The third-order valence-corrected chi connectivity index (χ3v) is 6.82. The van der Waals surface area contributed by atoms with Gasteiger partial charge in [0.25, 0.3) is 29.4 Å². The Morgan fingerprint density at radius 3 is 2.16 bits per heavy atom. The van der Waals surface area contributed by atoms with Crippen molar-refractivity contribution in [3.05, 3.63) is 12.2 Å². The molecule has 18 nitrogen and oxygen atoms in total. The van der Waals surface area contributed by atoms with E-state index >= 15 is 0 Å². The standard InChI is InChI=1S/C8H15N4O14P3.3Na/c9-6(15)7-10-2-12(11-7)8-5(14)4(13)3(24-8)1-23-28(19,20)26-29(21,22)25-27(16,17)18;;;/h2-5,8,13-14H,1H2,(H2,9,15)(H,19,20)(H,21,22)(H2,16,17,18);;;/q;3*+1/p-3/t3-,4-,5-,8-;;;/m1.../s1. The first-order valence-electron chi connectivity index (χ1n) is 7.06. The van der Waals surface area contributed by atoms with Gasteiger partial charge in [0.2, 0.25) is 5.82 Å². The predicted octanol–water partition coefficient (Wildman–Crippen LogP) is -13.5. The van der Waals surface area contributed by atoms with E-state index in [0.717, 1.165) is 11.0 Å². The van der Waals surface area contributed by atoms with Crippen LogP contribution in [0.3, 0.4) is 0 Å². The van der Waals surface area contributed by atoms with Crippen LogP contribution in [0.4, 0.5) is 0 Å². The van der Waals surface area contributed by atoms with Crippen LogP contribution >= 0.6 is 23.5 Å². The van der Waals surface area contributed by atoms with Gasteiger partial charge in [0.05, 0.1) is 6.61 Å². The molecule has 0 aliphatic carbocycles. The molecular weight excluding hydrogens is 538 g/mol. The second-order valence-electron chi connectivity index (χ2n) is 5.28. The van der Waals surface area contributed by atoms with Crippen LogP contribution in [0.5, 0.6) is 0 Å². The fourth-order valence-electron chi connectivity index (χ4n) is 2.05. The first-order valence-corrected chi connectivity index (χ1v) is 11.5. The normalized spacial score (nSPS) is 28.1. The van der Waals surface area contributed by atoms with Gasteiger partial charge in [-0.3, -0.25) is 18.5 Å². The van der Waals surface area contributed by atoms with Crippen LogP contribution in [-0.4, -0.2) is 60.7 Å². The van der Waals surface area contributed by atoms with Gasteiger partial charge in [-0.15, -0.1) is 5.10 Å². The van der Waals surface area contributed by atoms with Crippen molar-refractivity contribution in [3.8, 4) is 0 Å². The van der Waals surface area contributed by atoms with Crippen LogP contribution in [0.15, 0.2) is 6.33 Å². The van der Waals surface area contributed by atoms with Crippen molar-refractivity contribution in [2.45, 2.75) is 24.5 Å². The second-order valence-corrected chi connectivity index (χ2v) is 9.57.